The Morgan fingerprint density at radius 1 is 1.24 bits per heavy atom. The minimum atomic E-state index is -3.41. The van der Waals surface area contributed by atoms with E-state index < -0.39 is 10.0 Å². The van der Waals surface area contributed by atoms with Gasteiger partial charge in [0.25, 0.3) is 0 Å². The molecule has 5 heteroatoms. The molecule has 0 aromatic heterocycles. The van der Waals surface area contributed by atoms with Gasteiger partial charge in [-0.2, -0.15) is 5.26 Å². The fourth-order valence-electron chi connectivity index (χ4n) is 2.24. The summed E-state index contributed by atoms with van der Waals surface area (Å²) in [6.45, 7) is 4.04. The van der Waals surface area contributed by atoms with Crippen LogP contribution in [0.15, 0.2) is 24.3 Å². The third kappa shape index (κ3) is 6.74. The maximum absolute atomic E-state index is 12.1. The first-order chi connectivity index (χ1) is 9.98. The number of rotatable bonds is 9. The van der Waals surface area contributed by atoms with Crippen LogP contribution in [0.4, 0.5) is 0 Å². The van der Waals surface area contributed by atoms with Crippen LogP contribution in [-0.2, 0) is 15.8 Å². The normalized spacial score (nSPS) is 12.8. The van der Waals surface area contributed by atoms with Gasteiger partial charge in [0.2, 0.25) is 10.0 Å². The van der Waals surface area contributed by atoms with Crippen molar-refractivity contribution in [2.24, 2.45) is 0 Å². The van der Waals surface area contributed by atoms with E-state index in [2.05, 4.69) is 11.6 Å². The van der Waals surface area contributed by atoms with Crippen LogP contribution < -0.4 is 4.72 Å². The van der Waals surface area contributed by atoms with Gasteiger partial charge in [-0.1, -0.05) is 50.8 Å². The van der Waals surface area contributed by atoms with Gasteiger partial charge in [0.15, 0.2) is 0 Å². The minimum absolute atomic E-state index is 0.0684. The summed E-state index contributed by atoms with van der Waals surface area (Å²) in [5, 5.41) is 9.00. The lowest BCUT2D eigenvalue weighted by Crippen LogP contribution is -2.33. The van der Waals surface area contributed by atoms with Crippen molar-refractivity contribution in [1.29, 1.82) is 5.26 Å². The number of nitrogens with zero attached hydrogens (tertiary/aromatic N) is 1. The van der Waals surface area contributed by atoms with Crippen LogP contribution in [0.3, 0.4) is 0 Å². The molecule has 1 unspecified atom stereocenters. The van der Waals surface area contributed by atoms with Gasteiger partial charge in [0.05, 0.1) is 17.4 Å². The van der Waals surface area contributed by atoms with E-state index in [4.69, 9.17) is 5.26 Å². The zero-order valence-corrected chi connectivity index (χ0v) is 13.6. The Labute approximate surface area is 128 Å². The fourth-order valence-corrected chi connectivity index (χ4v) is 3.72. The van der Waals surface area contributed by atoms with E-state index in [1.54, 1.807) is 24.3 Å². The maximum Gasteiger partial charge on any atom is 0.216 e. The third-order valence-electron chi connectivity index (χ3n) is 3.35. The van der Waals surface area contributed by atoms with Gasteiger partial charge in [-0.05, 0) is 25.0 Å². The second kappa shape index (κ2) is 8.81. The number of nitrogens with one attached hydrogen (secondary N) is 1. The Kier molecular flexibility index (Phi) is 7.41. The van der Waals surface area contributed by atoms with Crippen molar-refractivity contribution in [2.75, 3.05) is 0 Å². The van der Waals surface area contributed by atoms with Crippen molar-refractivity contribution < 1.29 is 8.42 Å². The second-order valence-corrected chi connectivity index (χ2v) is 7.15. The number of hydrogen-bond acceptors (Lipinski definition) is 3. The zero-order valence-electron chi connectivity index (χ0n) is 12.8. The van der Waals surface area contributed by atoms with Crippen LogP contribution in [0.25, 0.3) is 0 Å². The molecule has 1 rings (SSSR count). The predicted molar refractivity (Wildman–Crippen MR) is 85.1 cm³/mol. The molecular formula is C16H24N2O2S. The Hall–Kier alpha value is -1.38. The summed E-state index contributed by atoms with van der Waals surface area (Å²) in [5.74, 6) is -0.143. The summed E-state index contributed by atoms with van der Waals surface area (Å²) in [6, 6.07) is 8.77. The molecule has 0 saturated carbocycles. The molecule has 1 aromatic rings. The fraction of sp³-hybridized carbons (Fsp3) is 0.562. The molecule has 21 heavy (non-hydrogen) atoms. The maximum atomic E-state index is 12.1. The lowest BCUT2D eigenvalue weighted by Gasteiger charge is -2.14. The van der Waals surface area contributed by atoms with E-state index in [9.17, 15) is 8.42 Å². The van der Waals surface area contributed by atoms with Crippen molar-refractivity contribution in [3.8, 4) is 6.07 Å². The second-order valence-electron chi connectivity index (χ2n) is 5.40. The highest BCUT2D eigenvalue weighted by molar-refractivity contribution is 7.88. The third-order valence-corrected chi connectivity index (χ3v) is 4.81. The molecule has 0 aliphatic rings. The molecule has 0 heterocycles. The van der Waals surface area contributed by atoms with Crippen molar-refractivity contribution in [3.05, 3.63) is 35.4 Å². The average molecular weight is 308 g/mol. The van der Waals surface area contributed by atoms with E-state index in [1.165, 1.54) is 12.8 Å². The lowest BCUT2D eigenvalue weighted by molar-refractivity contribution is 0.521. The van der Waals surface area contributed by atoms with Crippen LogP contribution in [0, 0.1) is 11.3 Å². The summed E-state index contributed by atoms with van der Waals surface area (Å²) in [6.07, 6.45) is 5.38. The van der Waals surface area contributed by atoms with Gasteiger partial charge >= 0.3 is 0 Å². The molecule has 0 spiro atoms. The van der Waals surface area contributed by atoms with E-state index in [0.29, 0.717) is 11.1 Å². The quantitative estimate of drug-likeness (QED) is 0.711. The van der Waals surface area contributed by atoms with Crippen LogP contribution in [0.5, 0.6) is 0 Å². The SMILES string of the molecule is CCCCCCC(C)NS(=O)(=O)Cc1ccccc1C#N. The van der Waals surface area contributed by atoms with Gasteiger partial charge in [0, 0.05) is 6.04 Å². The molecule has 0 aliphatic heterocycles. The summed E-state index contributed by atoms with van der Waals surface area (Å²) < 4.78 is 27.0. The molecule has 0 saturated heterocycles. The Morgan fingerprint density at radius 3 is 2.62 bits per heavy atom. The first-order valence-corrected chi connectivity index (χ1v) is 9.11. The van der Waals surface area contributed by atoms with Crippen LogP contribution in [-0.4, -0.2) is 14.5 Å². The van der Waals surface area contributed by atoms with E-state index in [-0.39, 0.29) is 11.8 Å². The van der Waals surface area contributed by atoms with E-state index in [0.717, 1.165) is 19.3 Å². The van der Waals surface area contributed by atoms with E-state index in [1.807, 2.05) is 13.0 Å². The van der Waals surface area contributed by atoms with Crippen molar-refractivity contribution in [2.45, 2.75) is 57.7 Å². The number of unbranched alkanes of at least 4 members (excludes halogenated alkanes) is 3. The van der Waals surface area contributed by atoms with Crippen molar-refractivity contribution >= 4 is 10.0 Å². The molecule has 1 N–H and O–H groups in total. The van der Waals surface area contributed by atoms with Gasteiger partial charge < -0.3 is 0 Å². The highest BCUT2D eigenvalue weighted by Gasteiger charge is 2.16. The molecule has 0 aliphatic carbocycles. The topological polar surface area (TPSA) is 70.0 Å². The van der Waals surface area contributed by atoms with Crippen molar-refractivity contribution in [1.82, 2.24) is 4.72 Å². The summed E-state index contributed by atoms with van der Waals surface area (Å²) in [5.41, 5.74) is 0.962. The Balaban J connectivity index is 2.56. The number of nitriles is 1. The Bertz CT molecular complexity index is 576. The largest absolute Gasteiger partial charge is 0.216 e. The minimum Gasteiger partial charge on any atom is -0.212 e. The smallest absolute Gasteiger partial charge is 0.212 e. The number of hydrogen-bond donors (Lipinski definition) is 1. The monoisotopic (exact) mass is 308 g/mol. The molecular weight excluding hydrogens is 284 g/mol. The highest BCUT2D eigenvalue weighted by atomic mass is 32.2. The van der Waals surface area contributed by atoms with Crippen molar-refractivity contribution in [3.63, 3.8) is 0 Å². The molecule has 4 nitrogen and oxygen atoms in total. The van der Waals surface area contributed by atoms with Crippen LogP contribution >= 0.6 is 0 Å². The lowest BCUT2D eigenvalue weighted by atomic mass is 10.1. The zero-order chi connectivity index (χ0) is 15.7. The summed E-state index contributed by atoms with van der Waals surface area (Å²) >= 11 is 0. The standard InChI is InChI=1S/C16H24N2O2S/c1-3-4-5-6-9-14(2)18-21(19,20)13-16-11-8-7-10-15(16)12-17/h7-8,10-11,14,18H,3-6,9,13H2,1-2H3. The summed E-state index contributed by atoms with van der Waals surface area (Å²) in [4.78, 5) is 0. The molecule has 0 radical (unpaired) electrons. The number of benzene rings is 1. The molecule has 0 amide bonds. The number of sulfonamides is 1. The first-order valence-electron chi connectivity index (χ1n) is 7.46. The van der Waals surface area contributed by atoms with E-state index >= 15 is 0 Å². The van der Waals surface area contributed by atoms with Gasteiger partial charge in [0.1, 0.15) is 0 Å². The molecule has 0 fully saturated rings. The average Bonchev–Trinajstić information content (AvgIpc) is 2.43. The summed E-state index contributed by atoms with van der Waals surface area (Å²) in [7, 11) is -3.41. The Morgan fingerprint density at radius 2 is 1.95 bits per heavy atom. The molecule has 1 atom stereocenters. The van der Waals surface area contributed by atoms with Gasteiger partial charge in [-0.3, -0.25) is 0 Å². The molecule has 116 valence electrons. The van der Waals surface area contributed by atoms with Crippen LogP contribution in [0.2, 0.25) is 0 Å². The first kappa shape index (κ1) is 17.7. The van der Waals surface area contributed by atoms with Crippen LogP contribution in [0.1, 0.15) is 57.1 Å². The van der Waals surface area contributed by atoms with Gasteiger partial charge in [-0.25, -0.2) is 13.1 Å². The molecule has 0 bridgehead atoms. The predicted octanol–water partition coefficient (Wildman–Crippen LogP) is 3.34. The highest BCUT2D eigenvalue weighted by Crippen LogP contribution is 2.12. The molecule has 1 aromatic carbocycles. The van der Waals surface area contributed by atoms with Gasteiger partial charge in [-0.15, -0.1) is 0 Å².